The van der Waals surface area contributed by atoms with Crippen LogP contribution in [0.1, 0.15) is 22.6 Å². The van der Waals surface area contributed by atoms with E-state index in [9.17, 15) is 9.90 Å². The molecule has 1 aliphatic carbocycles. The van der Waals surface area contributed by atoms with Gasteiger partial charge in [-0.3, -0.25) is 4.79 Å². The van der Waals surface area contributed by atoms with Crippen molar-refractivity contribution in [2.24, 2.45) is 0 Å². The van der Waals surface area contributed by atoms with E-state index in [4.69, 9.17) is 23.7 Å². The number of morpholine rings is 1. The molecule has 1 saturated heterocycles. The number of aliphatic hydroxyl groups is 1. The first-order valence-electron chi connectivity index (χ1n) is 11.8. The molecule has 3 aliphatic rings. The third-order valence-electron chi connectivity index (χ3n) is 7.65. The number of fused-ring (bicyclic) bond motifs is 5. The number of methoxy groups -OCH3 is 3. The lowest BCUT2D eigenvalue weighted by atomic mass is 9.71. The van der Waals surface area contributed by atoms with E-state index in [1.165, 1.54) is 7.11 Å². The maximum atomic E-state index is 12.9. The Balaban J connectivity index is 1.69. The van der Waals surface area contributed by atoms with Gasteiger partial charge in [0.25, 0.3) is 0 Å². The predicted molar refractivity (Wildman–Crippen MR) is 130 cm³/mol. The summed E-state index contributed by atoms with van der Waals surface area (Å²) in [5.41, 5.74) is -1.01. The molecule has 1 saturated carbocycles. The highest BCUT2D eigenvalue weighted by atomic mass is 16.6. The van der Waals surface area contributed by atoms with Crippen LogP contribution >= 0.6 is 0 Å². The lowest BCUT2D eigenvalue weighted by molar-refractivity contribution is -0.177. The van der Waals surface area contributed by atoms with Crippen LogP contribution in [0.5, 0.6) is 23.0 Å². The highest BCUT2D eigenvalue weighted by Gasteiger charge is 2.78. The lowest BCUT2D eigenvalue weighted by Crippen LogP contribution is -2.56. The Morgan fingerprint density at radius 2 is 1.67 bits per heavy atom. The monoisotopic (exact) mass is 489 g/mol. The van der Waals surface area contributed by atoms with Crippen LogP contribution in [-0.2, 0) is 20.7 Å². The topological polar surface area (TPSA) is 95.5 Å². The molecule has 0 aromatic heterocycles. The third kappa shape index (κ3) is 2.85. The first kappa shape index (κ1) is 22.7. The summed E-state index contributed by atoms with van der Waals surface area (Å²) in [4.78, 5) is 12.6. The van der Waals surface area contributed by atoms with Crippen LogP contribution in [0, 0.1) is 0 Å². The van der Waals surface area contributed by atoms with Gasteiger partial charge in [-0.1, -0.05) is 42.5 Å². The fourth-order valence-corrected chi connectivity index (χ4v) is 6.26. The van der Waals surface area contributed by atoms with Gasteiger partial charge in [0.2, 0.25) is 5.91 Å². The van der Waals surface area contributed by atoms with Crippen molar-refractivity contribution >= 4 is 5.91 Å². The maximum Gasteiger partial charge on any atom is 0.246 e. The average molecular weight is 490 g/mol. The van der Waals surface area contributed by atoms with E-state index < -0.39 is 29.3 Å². The van der Waals surface area contributed by atoms with Gasteiger partial charge in [-0.15, -0.1) is 0 Å². The summed E-state index contributed by atoms with van der Waals surface area (Å²) in [5.74, 6) is 1.30. The number of rotatable bonds is 5. The van der Waals surface area contributed by atoms with Gasteiger partial charge < -0.3 is 34.1 Å². The van der Waals surface area contributed by atoms with E-state index in [0.29, 0.717) is 34.1 Å². The molecule has 0 bridgehead atoms. The van der Waals surface area contributed by atoms with Gasteiger partial charge in [0.15, 0.2) is 11.2 Å². The molecule has 8 nitrogen and oxygen atoms in total. The van der Waals surface area contributed by atoms with Crippen LogP contribution in [0.3, 0.4) is 0 Å². The van der Waals surface area contributed by atoms with E-state index in [1.54, 1.807) is 26.4 Å². The van der Waals surface area contributed by atoms with Gasteiger partial charge >= 0.3 is 0 Å². The fourth-order valence-electron chi connectivity index (χ4n) is 6.26. The summed E-state index contributed by atoms with van der Waals surface area (Å²) in [5, 5.41) is 16.0. The van der Waals surface area contributed by atoms with Crippen LogP contribution in [0.25, 0.3) is 0 Å². The van der Waals surface area contributed by atoms with Gasteiger partial charge in [0.05, 0.1) is 38.9 Å². The summed E-state index contributed by atoms with van der Waals surface area (Å²) in [6, 6.07) is 20.1. The average Bonchev–Trinajstić information content (AvgIpc) is 3.30. The molecule has 1 unspecified atom stereocenters. The Morgan fingerprint density at radius 1 is 0.944 bits per heavy atom. The predicted octanol–water partition coefficient (Wildman–Crippen LogP) is 2.87. The number of amides is 1. The molecular formula is C28H27NO7. The SMILES string of the molecule is COc1ccc(C23Oc4cc(OC)cc(OC)c4[C@]2(O)[C@@H]2OCC(=O)N[C@@H]2[C@H]3c2ccccc2)cc1. The van der Waals surface area contributed by atoms with E-state index in [0.717, 1.165) is 5.56 Å². The molecule has 36 heavy (non-hydrogen) atoms. The zero-order valence-corrected chi connectivity index (χ0v) is 20.2. The minimum absolute atomic E-state index is 0.169. The molecule has 1 amide bonds. The molecule has 6 rings (SSSR count). The number of benzene rings is 3. The summed E-state index contributed by atoms with van der Waals surface area (Å²) >= 11 is 0. The first-order chi connectivity index (χ1) is 17.5. The minimum Gasteiger partial charge on any atom is -0.497 e. The molecule has 2 fully saturated rings. The molecule has 186 valence electrons. The molecule has 3 aromatic carbocycles. The normalized spacial score (nSPS) is 29.9. The quantitative estimate of drug-likeness (QED) is 0.569. The largest absolute Gasteiger partial charge is 0.497 e. The molecule has 2 N–H and O–H groups in total. The number of carbonyl (C=O) groups excluding carboxylic acids is 1. The number of ether oxygens (including phenoxy) is 5. The van der Waals surface area contributed by atoms with Crippen LogP contribution in [0.15, 0.2) is 66.7 Å². The Labute approximate surface area is 208 Å². The summed E-state index contributed by atoms with van der Waals surface area (Å²) < 4.78 is 29.6. The molecular weight excluding hydrogens is 462 g/mol. The van der Waals surface area contributed by atoms with Crippen LogP contribution in [-0.4, -0.2) is 51.1 Å². The highest BCUT2D eigenvalue weighted by molar-refractivity contribution is 5.79. The number of hydrogen-bond acceptors (Lipinski definition) is 7. The van der Waals surface area contributed by atoms with Crippen molar-refractivity contribution in [2.45, 2.75) is 29.3 Å². The number of hydrogen-bond donors (Lipinski definition) is 2. The molecule has 2 heterocycles. The second-order valence-corrected chi connectivity index (χ2v) is 9.25. The zero-order valence-electron chi connectivity index (χ0n) is 20.2. The standard InChI is InChI=1S/C28H27NO7/c1-32-18-11-9-17(10-12-18)28-23(16-7-5-4-6-8-16)25-26(35-15-22(30)29-25)27(28,31)24-20(34-3)13-19(33-2)14-21(24)36-28/h4-14,23,25-26,31H,15H2,1-3H3,(H,29,30)/t23-,25-,26-,27+,28?/m1/s1. The number of nitrogens with one attached hydrogen (secondary N) is 1. The second-order valence-electron chi connectivity index (χ2n) is 9.25. The minimum atomic E-state index is -1.71. The Bertz CT molecular complexity index is 1310. The Morgan fingerprint density at radius 3 is 2.33 bits per heavy atom. The van der Waals surface area contributed by atoms with E-state index >= 15 is 0 Å². The van der Waals surface area contributed by atoms with Crippen molar-refractivity contribution in [3.63, 3.8) is 0 Å². The maximum absolute atomic E-state index is 12.9. The smallest absolute Gasteiger partial charge is 0.246 e. The third-order valence-corrected chi connectivity index (χ3v) is 7.65. The molecule has 3 aromatic rings. The van der Waals surface area contributed by atoms with Crippen molar-refractivity contribution in [3.05, 3.63) is 83.4 Å². The molecule has 8 heteroatoms. The first-order valence-corrected chi connectivity index (χ1v) is 11.8. The van der Waals surface area contributed by atoms with Crippen molar-refractivity contribution in [1.82, 2.24) is 5.32 Å². The van der Waals surface area contributed by atoms with E-state index in [-0.39, 0.29) is 12.5 Å². The zero-order chi connectivity index (χ0) is 25.1. The summed E-state index contributed by atoms with van der Waals surface area (Å²) in [7, 11) is 4.70. The van der Waals surface area contributed by atoms with E-state index in [2.05, 4.69) is 5.32 Å². The van der Waals surface area contributed by atoms with Gasteiger partial charge in [-0.05, 0) is 23.3 Å². The second kappa shape index (κ2) is 8.15. The van der Waals surface area contributed by atoms with Crippen LogP contribution < -0.4 is 24.3 Å². The fraction of sp³-hybridized carbons (Fsp3) is 0.321. The van der Waals surface area contributed by atoms with Crippen LogP contribution in [0.4, 0.5) is 0 Å². The van der Waals surface area contributed by atoms with Crippen molar-refractivity contribution in [2.75, 3.05) is 27.9 Å². The van der Waals surface area contributed by atoms with Gasteiger partial charge in [0.1, 0.15) is 35.7 Å². The Hall–Kier alpha value is -3.75. The summed E-state index contributed by atoms with van der Waals surface area (Å²) in [6.45, 7) is -0.169. The molecule has 5 atom stereocenters. The van der Waals surface area contributed by atoms with Gasteiger partial charge in [0, 0.05) is 12.1 Å². The van der Waals surface area contributed by atoms with Crippen molar-refractivity contribution in [1.29, 1.82) is 0 Å². The van der Waals surface area contributed by atoms with Crippen LogP contribution in [0.2, 0.25) is 0 Å². The van der Waals surface area contributed by atoms with E-state index in [1.807, 2.05) is 54.6 Å². The molecule has 0 radical (unpaired) electrons. The summed E-state index contributed by atoms with van der Waals surface area (Å²) in [6.07, 6.45) is -0.814. The number of carbonyl (C=O) groups is 1. The Kier molecular flexibility index (Phi) is 5.14. The lowest BCUT2D eigenvalue weighted by Gasteiger charge is -2.41. The molecule has 0 spiro atoms. The molecule has 2 aliphatic heterocycles. The van der Waals surface area contributed by atoms with Gasteiger partial charge in [-0.25, -0.2) is 0 Å². The van der Waals surface area contributed by atoms with Gasteiger partial charge in [-0.2, -0.15) is 0 Å². The highest BCUT2D eigenvalue weighted by Crippen LogP contribution is 2.69. The van der Waals surface area contributed by atoms with Crippen molar-refractivity contribution < 1.29 is 33.6 Å². The van der Waals surface area contributed by atoms with Crippen molar-refractivity contribution in [3.8, 4) is 23.0 Å².